The van der Waals surface area contributed by atoms with Crippen molar-refractivity contribution in [3.05, 3.63) is 75.3 Å². The maximum Gasteiger partial charge on any atom is 0.325 e. The fourth-order valence-electron chi connectivity index (χ4n) is 3.18. The van der Waals surface area contributed by atoms with Gasteiger partial charge in [-0.15, -0.1) is 11.3 Å². The van der Waals surface area contributed by atoms with Crippen molar-refractivity contribution in [1.82, 2.24) is 9.99 Å². The van der Waals surface area contributed by atoms with Crippen molar-refractivity contribution < 1.29 is 19.2 Å². The highest BCUT2D eigenvalue weighted by atomic mass is 32.1. The molecular weight excluding hydrogens is 420 g/mol. The molecule has 0 bridgehead atoms. The van der Waals surface area contributed by atoms with Gasteiger partial charge >= 0.3 is 5.97 Å². The molecule has 0 aliphatic heterocycles. The lowest BCUT2D eigenvalue weighted by Crippen LogP contribution is -2.16. The molecule has 4 rings (SSSR count). The molecule has 156 valence electrons. The van der Waals surface area contributed by atoms with Crippen molar-refractivity contribution in [2.45, 2.75) is 6.54 Å². The largest absolute Gasteiger partial charge is 0.468 e. The molecule has 4 aromatic rings. The third-order valence-corrected chi connectivity index (χ3v) is 5.77. The molecule has 2 aromatic heterocycles. The number of carbonyl (C=O) groups excluding carboxylic acids is 2. The van der Waals surface area contributed by atoms with Crippen LogP contribution in [0.15, 0.2) is 59.8 Å². The average Bonchev–Trinajstić information content (AvgIpc) is 3.35. The number of nitrogens with one attached hydrogen (secondary N) is 1. The molecule has 0 aliphatic rings. The minimum atomic E-state index is -0.474. The van der Waals surface area contributed by atoms with Crippen molar-refractivity contribution in [1.29, 1.82) is 0 Å². The van der Waals surface area contributed by atoms with Gasteiger partial charge in [-0.2, -0.15) is 5.10 Å². The van der Waals surface area contributed by atoms with Crippen LogP contribution in [0.4, 0.5) is 5.69 Å². The maximum atomic E-state index is 12.5. The van der Waals surface area contributed by atoms with Crippen LogP contribution >= 0.6 is 11.3 Å². The monoisotopic (exact) mass is 436 g/mol. The number of nitrogens with zero attached hydrogens (tertiary/aromatic N) is 3. The van der Waals surface area contributed by atoms with Crippen LogP contribution < -0.4 is 5.43 Å². The number of hydrogen-bond acceptors (Lipinski definition) is 7. The Labute approximate surface area is 179 Å². The standard InChI is InChI=1S/C21H16N4O5S/c1-30-20(26)12-24-11-14(16-4-2-3-5-17(16)24)10-22-23-21(27)19-9-13-8-15(25(28)29)6-7-18(13)31-19/h2-11H,12H2,1H3,(H,23,27). The molecule has 10 heteroatoms. The normalized spacial score (nSPS) is 11.3. The van der Waals surface area contributed by atoms with Gasteiger partial charge in [0.15, 0.2) is 0 Å². The molecule has 2 aromatic carbocycles. The van der Waals surface area contributed by atoms with Crippen LogP contribution in [0.2, 0.25) is 0 Å². The van der Waals surface area contributed by atoms with E-state index >= 15 is 0 Å². The Balaban J connectivity index is 1.54. The van der Waals surface area contributed by atoms with Crippen molar-refractivity contribution in [2.24, 2.45) is 5.10 Å². The minimum Gasteiger partial charge on any atom is -0.468 e. The topological polar surface area (TPSA) is 116 Å². The summed E-state index contributed by atoms with van der Waals surface area (Å²) in [6.45, 7) is 0.0606. The van der Waals surface area contributed by atoms with Crippen molar-refractivity contribution in [2.75, 3.05) is 7.11 Å². The SMILES string of the molecule is COC(=O)Cn1cc(C=NNC(=O)c2cc3cc([N+](=O)[O-])ccc3s2)c2ccccc21. The van der Waals surface area contributed by atoms with E-state index in [1.54, 1.807) is 22.9 Å². The summed E-state index contributed by atoms with van der Waals surface area (Å²) in [5, 5.41) is 16.5. The van der Waals surface area contributed by atoms with E-state index in [2.05, 4.69) is 10.5 Å². The molecule has 0 aliphatic carbocycles. The fraction of sp³-hybridized carbons (Fsp3) is 0.0952. The van der Waals surface area contributed by atoms with Gasteiger partial charge in [-0.25, -0.2) is 5.43 Å². The number of para-hydroxylation sites is 1. The van der Waals surface area contributed by atoms with Gasteiger partial charge in [-0.3, -0.25) is 19.7 Å². The number of aromatic nitrogens is 1. The summed E-state index contributed by atoms with van der Waals surface area (Å²) in [5.74, 6) is -0.791. The van der Waals surface area contributed by atoms with Gasteiger partial charge in [0.1, 0.15) is 6.54 Å². The number of nitro groups is 1. The van der Waals surface area contributed by atoms with E-state index in [1.165, 1.54) is 36.8 Å². The van der Waals surface area contributed by atoms with Crippen LogP contribution in [0.1, 0.15) is 15.2 Å². The number of fused-ring (bicyclic) bond motifs is 2. The Morgan fingerprint density at radius 3 is 2.84 bits per heavy atom. The molecule has 9 nitrogen and oxygen atoms in total. The highest BCUT2D eigenvalue weighted by molar-refractivity contribution is 7.20. The summed E-state index contributed by atoms with van der Waals surface area (Å²) in [6.07, 6.45) is 3.27. The van der Waals surface area contributed by atoms with E-state index in [0.29, 0.717) is 10.3 Å². The number of carbonyl (C=O) groups is 2. The average molecular weight is 436 g/mol. The molecule has 0 fully saturated rings. The first-order valence-corrected chi connectivity index (χ1v) is 9.94. The summed E-state index contributed by atoms with van der Waals surface area (Å²) < 4.78 is 7.25. The number of amides is 1. The predicted molar refractivity (Wildman–Crippen MR) is 117 cm³/mol. The number of non-ortho nitro benzene ring substituents is 1. The lowest BCUT2D eigenvalue weighted by Gasteiger charge is -2.02. The third-order valence-electron chi connectivity index (χ3n) is 4.65. The zero-order chi connectivity index (χ0) is 22.0. The molecule has 0 unspecified atom stereocenters. The van der Waals surface area contributed by atoms with Crippen LogP contribution in [0, 0.1) is 10.1 Å². The van der Waals surface area contributed by atoms with Gasteiger partial charge in [0, 0.05) is 44.9 Å². The number of benzene rings is 2. The molecule has 0 saturated heterocycles. The van der Waals surface area contributed by atoms with E-state index in [4.69, 9.17) is 4.74 Å². The lowest BCUT2D eigenvalue weighted by atomic mass is 10.2. The molecule has 31 heavy (non-hydrogen) atoms. The second kappa shape index (κ2) is 8.36. The van der Waals surface area contributed by atoms with E-state index in [1.807, 2.05) is 24.3 Å². The summed E-state index contributed by atoms with van der Waals surface area (Å²) in [4.78, 5) is 34.9. The summed E-state index contributed by atoms with van der Waals surface area (Å²) >= 11 is 1.22. The molecular formula is C21H16N4O5S. The number of nitro benzene ring substituents is 1. The first kappa shape index (κ1) is 20.2. The number of hydrogen-bond donors (Lipinski definition) is 1. The predicted octanol–water partition coefficient (Wildman–Crippen LogP) is 3.70. The van der Waals surface area contributed by atoms with Crippen LogP contribution in [-0.4, -0.2) is 34.7 Å². The van der Waals surface area contributed by atoms with E-state index in [-0.39, 0.29) is 18.2 Å². The zero-order valence-electron chi connectivity index (χ0n) is 16.3. The van der Waals surface area contributed by atoms with Gasteiger partial charge in [-0.05, 0) is 18.2 Å². The van der Waals surface area contributed by atoms with Crippen LogP contribution in [0.5, 0.6) is 0 Å². The lowest BCUT2D eigenvalue weighted by molar-refractivity contribution is -0.384. The minimum absolute atomic E-state index is 0.0291. The quantitative estimate of drug-likeness (QED) is 0.214. The van der Waals surface area contributed by atoms with E-state index in [9.17, 15) is 19.7 Å². The summed E-state index contributed by atoms with van der Waals surface area (Å²) in [5.41, 5.74) is 4.02. The number of rotatable bonds is 6. The third kappa shape index (κ3) is 4.14. The van der Waals surface area contributed by atoms with Gasteiger partial charge in [0.25, 0.3) is 11.6 Å². The number of thiophene rings is 1. The Morgan fingerprint density at radius 1 is 1.26 bits per heavy atom. The first-order valence-electron chi connectivity index (χ1n) is 9.12. The molecule has 0 saturated carbocycles. The summed E-state index contributed by atoms with van der Waals surface area (Å²) in [6, 6.07) is 13.6. The number of esters is 1. The van der Waals surface area contributed by atoms with Crippen LogP contribution in [0.25, 0.3) is 21.0 Å². The fourth-order valence-corrected chi connectivity index (χ4v) is 4.12. The Hall–Kier alpha value is -4.05. The van der Waals surface area contributed by atoms with Crippen molar-refractivity contribution in [3.8, 4) is 0 Å². The molecule has 0 radical (unpaired) electrons. The first-order chi connectivity index (χ1) is 15.0. The maximum absolute atomic E-state index is 12.5. The Morgan fingerprint density at radius 2 is 2.06 bits per heavy atom. The van der Waals surface area contributed by atoms with E-state index in [0.717, 1.165) is 21.2 Å². The molecule has 0 atom stereocenters. The molecule has 1 amide bonds. The highest BCUT2D eigenvalue weighted by Gasteiger charge is 2.13. The van der Waals surface area contributed by atoms with Crippen LogP contribution in [0.3, 0.4) is 0 Å². The van der Waals surface area contributed by atoms with Gasteiger partial charge in [0.2, 0.25) is 0 Å². The molecule has 0 spiro atoms. The van der Waals surface area contributed by atoms with E-state index < -0.39 is 10.8 Å². The molecule has 2 heterocycles. The molecule has 1 N–H and O–H groups in total. The zero-order valence-corrected chi connectivity index (χ0v) is 17.1. The Kier molecular flexibility index (Phi) is 5.46. The van der Waals surface area contributed by atoms with Gasteiger partial charge < -0.3 is 9.30 Å². The second-order valence-corrected chi connectivity index (χ2v) is 7.68. The highest BCUT2D eigenvalue weighted by Crippen LogP contribution is 2.29. The Bertz CT molecular complexity index is 1350. The number of hydrazone groups is 1. The number of ether oxygens (including phenoxy) is 1. The smallest absolute Gasteiger partial charge is 0.325 e. The summed E-state index contributed by atoms with van der Waals surface area (Å²) in [7, 11) is 1.33. The van der Waals surface area contributed by atoms with Gasteiger partial charge in [-0.1, -0.05) is 18.2 Å². The van der Waals surface area contributed by atoms with Crippen molar-refractivity contribution >= 4 is 56.1 Å². The number of methoxy groups -OCH3 is 1. The van der Waals surface area contributed by atoms with Gasteiger partial charge in [0.05, 0.1) is 23.1 Å². The second-order valence-electron chi connectivity index (χ2n) is 6.59. The van der Waals surface area contributed by atoms with Crippen LogP contribution in [-0.2, 0) is 16.1 Å². The van der Waals surface area contributed by atoms with Crippen molar-refractivity contribution in [3.63, 3.8) is 0 Å².